The first kappa shape index (κ1) is 19.1. The summed E-state index contributed by atoms with van der Waals surface area (Å²) >= 11 is 0. The minimum atomic E-state index is -0.307. The van der Waals surface area contributed by atoms with Gasteiger partial charge in [-0.25, -0.2) is 15.0 Å². The molecule has 1 aromatic heterocycles. The van der Waals surface area contributed by atoms with Crippen LogP contribution in [0.3, 0.4) is 0 Å². The molecular formula is C20H25N3O4. The van der Waals surface area contributed by atoms with Crippen LogP contribution in [0.2, 0.25) is 0 Å². The highest BCUT2D eigenvalue weighted by atomic mass is 16.5. The van der Waals surface area contributed by atoms with Gasteiger partial charge >= 0.3 is 0 Å². The highest BCUT2D eigenvalue weighted by Crippen LogP contribution is 2.26. The number of pyridine rings is 1. The largest absolute Gasteiger partial charge is 0.496 e. The van der Waals surface area contributed by atoms with E-state index in [-0.39, 0.29) is 24.1 Å². The summed E-state index contributed by atoms with van der Waals surface area (Å²) in [6.45, 7) is 3.59. The summed E-state index contributed by atoms with van der Waals surface area (Å²) < 4.78 is 10.8. The van der Waals surface area contributed by atoms with Crippen LogP contribution in [0.4, 0.5) is 0 Å². The Bertz CT molecular complexity index is 824. The van der Waals surface area contributed by atoms with Crippen molar-refractivity contribution in [2.75, 3.05) is 33.4 Å². The van der Waals surface area contributed by atoms with Crippen molar-refractivity contribution in [3.63, 3.8) is 0 Å². The van der Waals surface area contributed by atoms with E-state index in [2.05, 4.69) is 11.9 Å². The minimum absolute atomic E-state index is 0.0156. The minimum Gasteiger partial charge on any atom is -0.496 e. The zero-order valence-corrected chi connectivity index (χ0v) is 15.8. The van der Waals surface area contributed by atoms with Crippen LogP contribution >= 0.6 is 0 Å². The number of ether oxygens (including phenoxy) is 2. The number of hydrogen-bond donors (Lipinski definition) is 0. The van der Waals surface area contributed by atoms with E-state index in [0.717, 1.165) is 24.6 Å². The fourth-order valence-corrected chi connectivity index (χ4v) is 3.12. The van der Waals surface area contributed by atoms with Gasteiger partial charge in [-0.15, -0.1) is 0 Å². The molecule has 1 aliphatic rings. The maximum absolute atomic E-state index is 13.0. The number of carbonyl (C=O) groups is 2. The van der Waals surface area contributed by atoms with Gasteiger partial charge in [-0.2, -0.15) is 0 Å². The van der Waals surface area contributed by atoms with Crippen LogP contribution in [-0.2, 0) is 9.53 Å². The van der Waals surface area contributed by atoms with Crippen molar-refractivity contribution in [3.8, 4) is 5.75 Å². The van der Waals surface area contributed by atoms with Crippen LogP contribution in [0, 0.1) is 0 Å². The van der Waals surface area contributed by atoms with Gasteiger partial charge < -0.3 is 9.47 Å². The Balaban J connectivity index is 1.78. The van der Waals surface area contributed by atoms with Crippen LogP contribution in [0.25, 0.3) is 10.9 Å². The Labute approximate surface area is 158 Å². The second-order valence-electron chi connectivity index (χ2n) is 6.43. The van der Waals surface area contributed by atoms with Crippen molar-refractivity contribution in [2.45, 2.75) is 26.2 Å². The summed E-state index contributed by atoms with van der Waals surface area (Å²) in [5.74, 6) is 0.0760. The Morgan fingerprint density at radius 3 is 2.74 bits per heavy atom. The highest BCUT2D eigenvalue weighted by Gasteiger charge is 2.32. The molecule has 0 radical (unpaired) electrons. The molecule has 27 heavy (non-hydrogen) atoms. The van der Waals surface area contributed by atoms with Crippen molar-refractivity contribution >= 4 is 22.7 Å². The third kappa shape index (κ3) is 4.19. The highest BCUT2D eigenvalue weighted by molar-refractivity contribution is 5.98. The first-order valence-electron chi connectivity index (χ1n) is 9.29. The number of carbonyl (C=O) groups excluding carboxylic acids is 2. The van der Waals surface area contributed by atoms with Crippen molar-refractivity contribution in [1.82, 2.24) is 15.0 Å². The molecule has 0 aliphatic carbocycles. The SMILES string of the molecule is CCCCOCC(=O)N1CCCN1C(=O)c1cc(OC)c2ccccc2n1. The predicted molar refractivity (Wildman–Crippen MR) is 101 cm³/mol. The average molecular weight is 371 g/mol. The predicted octanol–water partition coefficient (Wildman–Crippen LogP) is 2.65. The van der Waals surface area contributed by atoms with Gasteiger partial charge in [0.1, 0.15) is 18.1 Å². The molecule has 0 N–H and O–H groups in total. The van der Waals surface area contributed by atoms with Gasteiger partial charge in [0.2, 0.25) is 0 Å². The summed E-state index contributed by atoms with van der Waals surface area (Å²) in [4.78, 5) is 29.9. The summed E-state index contributed by atoms with van der Waals surface area (Å²) in [6.07, 6.45) is 2.66. The van der Waals surface area contributed by atoms with E-state index in [9.17, 15) is 9.59 Å². The Morgan fingerprint density at radius 1 is 1.19 bits per heavy atom. The molecule has 0 bridgehead atoms. The number of methoxy groups -OCH3 is 1. The fraction of sp³-hybridized carbons (Fsp3) is 0.450. The topological polar surface area (TPSA) is 72.0 Å². The summed E-state index contributed by atoms with van der Waals surface area (Å²) in [6, 6.07) is 9.12. The second kappa shape index (κ2) is 8.81. The normalized spacial score (nSPS) is 14.0. The van der Waals surface area contributed by atoms with Gasteiger partial charge in [0.05, 0.1) is 12.6 Å². The molecule has 2 amide bonds. The van der Waals surface area contributed by atoms with E-state index in [1.807, 2.05) is 24.3 Å². The van der Waals surface area contributed by atoms with Crippen molar-refractivity contribution < 1.29 is 19.1 Å². The monoisotopic (exact) mass is 371 g/mol. The number of amides is 2. The van der Waals surface area contributed by atoms with Gasteiger partial charge in [0, 0.05) is 31.1 Å². The number of unbranched alkanes of at least 4 members (excludes halogenated alkanes) is 1. The maximum Gasteiger partial charge on any atom is 0.291 e. The lowest BCUT2D eigenvalue weighted by Crippen LogP contribution is -2.46. The van der Waals surface area contributed by atoms with E-state index in [0.29, 0.717) is 31.0 Å². The van der Waals surface area contributed by atoms with E-state index >= 15 is 0 Å². The molecule has 3 rings (SSSR count). The van der Waals surface area contributed by atoms with Gasteiger partial charge in [-0.1, -0.05) is 25.5 Å². The van der Waals surface area contributed by atoms with Crippen molar-refractivity contribution in [3.05, 3.63) is 36.0 Å². The smallest absolute Gasteiger partial charge is 0.291 e. The molecule has 144 valence electrons. The second-order valence-corrected chi connectivity index (χ2v) is 6.43. The molecule has 1 fully saturated rings. The molecule has 0 unspecified atom stereocenters. The number of hydrogen-bond acceptors (Lipinski definition) is 5. The van der Waals surface area contributed by atoms with Crippen LogP contribution in [0.15, 0.2) is 30.3 Å². The third-order valence-corrected chi connectivity index (χ3v) is 4.54. The van der Waals surface area contributed by atoms with Crippen LogP contribution in [0.5, 0.6) is 5.75 Å². The molecule has 2 heterocycles. The molecule has 7 nitrogen and oxygen atoms in total. The standard InChI is InChI=1S/C20H25N3O4/c1-3-4-12-27-14-19(24)22-10-7-11-23(22)20(25)17-13-18(26-2)15-8-5-6-9-16(15)21-17/h5-6,8-9,13H,3-4,7,10-12,14H2,1-2H3. The number of rotatable bonds is 7. The number of para-hydroxylation sites is 1. The number of benzene rings is 1. The number of fused-ring (bicyclic) bond motifs is 1. The number of nitrogens with zero attached hydrogens (tertiary/aromatic N) is 3. The molecule has 1 saturated heterocycles. The molecule has 0 spiro atoms. The van der Waals surface area contributed by atoms with Crippen molar-refractivity contribution in [1.29, 1.82) is 0 Å². The zero-order chi connectivity index (χ0) is 19.2. The maximum atomic E-state index is 13.0. The van der Waals surface area contributed by atoms with Gasteiger partial charge in [-0.3, -0.25) is 9.59 Å². The molecular weight excluding hydrogens is 346 g/mol. The lowest BCUT2D eigenvalue weighted by molar-refractivity contribution is -0.145. The van der Waals surface area contributed by atoms with Crippen LogP contribution < -0.4 is 4.74 Å². The Kier molecular flexibility index (Phi) is 6.24. The lowest BCUT2D eigenvalue weighted by atomic mass is 10.1. The zero-order valence-electron chi connectivity index (χ0n) is 15.8. The summed E-state index contributed by atoms with van der Waals surface area (Å²) in [7, 11) is 1.56. The molecule has 2 aromatic rings. The number of aromatic nitrogens is 1. The fourth-order valence-electron chi connectivity index (χ4n) is 3.12. The van der Waals surface area contributed by atoms with E-state index < -0.39 is 0 Å². The van der Waals surface area contributed by atoms with E-state index in [4.69, 9.17) is 9.47 Å². The first-order valence-corrected chi connectivity index (χ1v) is 9.29. The van der Waals surface area contributed by atoms with Crippen LogP contribution in [-0.4, -0.2) is 60.2 Å². The summed E-state index contributed by atoms with van der Waals surface area (Å²) in [5, 5.41) is 3.77. The Morgan fingerprint density at radius 2 is 1.96 bits per heavy atom. The molecule has 1 aliphatic heterocycles. The number of hydrazine groups is 1. The lowest BCUT2D eigenvalue weighted by Gasteiger charge is -2.27. The van der Waals surface area contributed by atoms with Crippen LogP contribution in [0.1, 0.15) is 36.7 Å². The average Bonchev–Trinajstić information content (AvgIpc) is 3.19. The molecule has 0 atom stereocenters. The van der Waals surface area contributed by atoms with Gasteiger partial charge in [0.25, 0.3) is 11.8 Å². The molecule has 7 heteroatoms. The van der Waals surface area contributed by atoms with Gasteiger partial charge in [-0.05, 0) is 25.0 Å². The third-order valence-electron chi connectivity index (χ3n) is 4.54. The van der Waals surface area contributed by atoms with Gasteiger partial charge in [0.15, 0.2) is 0 Å². The van der Waals surface area contributed by atoms with E-state index in [1.165, 1.54) is 10.0 Å². The molecule has 1 aromatic carbocycles. The summed E-state index contributed by atoms with van der Waals surface area (Å²) in [5.41, 5.74) is 0.942. The first-order chi connectivity index (χ1) is 13.2. The quantitative estimate of drug-likeness (QED) is 0.700. The Hall–Kier alpha value is -2.67. The molecule has 0 saturated carbocycles. The van der Waals surface area contributed by atoms with Crippen molar-refractivity contribution in [2.24, 2.45) is 0 Å². The van der Waals surface area contributed by atoms with E-state index in [1.54, 1.807) is 13.2 Å².